The molecule has 1 aromatic rings. The van der Waals surface area contributed by atoms with Gasteiger partial charge in [-0.1, -0.05) is 20.8 Å². The summed E-state index contributed by atoms with van der Waals surface area (Å²) in [5.41, 5.74) is 0.236. The maximum Gasteiger partial charge on any atom is 0.338 e. The molecule has 174 valence electrons. The third-order valence-corrected chi connectivity index (χ3v) is 7.00. The maximum atomic E-state index is 12.8. The van der Waals surface area contributed by atoms with Gasteiger partial charge in [0.15, 0.2) is 27.9 Å². The smallest absolute Gasteiger partial charge is 0.338 e. The van der Waals surface area contributed by atoms with E-state index < -0.39 is 28.3 Å². The van der Waals surface area contributed by atoms with Crippen LogP contribution in [0.4, 0.5) is 0 Å². The molecule has 0 aromatic heterocycles. The van der Waals surface area contributed by atoms with Crippen LogP contribution >= 0.6 is 0 Å². The number of hydrogen-bond donors (Lipinski definition) is 0. The Kier molecular flexibility index (Phi) is 8.73. The van der Waals surface area contributed by atoms with Crippen molar-refractivity contribution in [2.75, 3.05) is 31.8 Å². The number of amides is 1. The lowest BCUT2D eigenvalue weighted by Gasteiger charge is -2.33. The van der Waals surface area contributed by atoms with Crippen molar-refractivity contribution in [2.24, 2.45) is 5.92 Å². The lowest BCUT2D eigenvalue weighted by atomic mass is 10.1. The van der Waals surface area contributed by atoms with E-state index in [0.29, 0.717) is 36.9 Å². The molecule has 9 heteroatoms. The molecule has 2 atom stereocenters. The molecule has 2 rings (SSSR count). The number of nitrogens with zero attached hydrogens (tertiary/aromatic N) is 1. The fourth-order valence-electron chi connectivity index (χ4n) is 3.46. The first-order chi connectivity index (χ1) is 14.6. The van der Waals surface area contributed by atoms with Gasteiger partial charge in [0.25, 0.3) is 5.91 Å². The van der Waals surface area contributed by atoms with Crippen LogP contribution in [0.5, 0.6) is 11.5 Å². The molecular formula is C22H33NO7S. The van der Waals surface area contributed by atoms with Crippen molar-refractivity contribution in [1.29, 1.82) is 0 Å². The van der Waals surface area contributed by atoms with Gasteiger partial charge < -0.3 is 19.1 Å². The van der Waals surface area contributed by atoms with Crippen LogP contribution in [0.3, 0.4) is 0 Å². The number of methoxy groups -OCH3 is 1. The van der Waals surface area contributed by atoms with Gasteiger partial charge in [0, 0.05) is 12.1 Å². The summed E-state index contributed by atoms with van der Waals surface area (Å²) in [6.07, 6.45) is 1.08. The first-order valence-corrected chi connectivity index (χ1v) is 12.4. The zero-order chi connectivity index (χ0) is 23.2. The normalized spacial score (nSPS) is 18.5. The summed E-state index contributed by atoms with van der Waals surface area (Å²) in [5, 5.41) is 0. The minimum Gasteiger partial charge on any atom is -0.493 e. The average Bonchev–Trinajstić information content (AvgIpc) is 3.09. The fraction of sp³-hybridized carbons (Fsp3) is 0.636. The summed E-state index contributed by atoms with van der Waals surface area (Å²) in [7, 11) is -1.66. The van der Waals surface area contributed by atoms with E-state index in [1.54, 1.807) is 17.0 Å². The number of benzene rings is 1. The Morgan fingerprint density at radius 3 is 2.45 bits per heavy atom. The van der Waals surface area contributed by atoms with E-state index in [4.69, 9.17) is 14.2 Å². The average molecular weight is 456 g/mol. The van der Waals surface area contributed by atoms with Gasteiger partial charge >= 0.3 is 5.97 Å². The predicted molar refractivity (Wildman–Crippen MR) is 117 cm³/mol. The summed E-state index contributed by atoms with van der Waals surface area (Å²) < 4.78 is 39.9. The Labute approximate surface area is 184 Å². The van der Waals surface area contributed by atoms with E-state index in [2.05, 4.69) is 0 Å². The van der Waals surface area contributed by atoms with Crippen molar-refractivity contribution in [3.8, 4) is 11.5 Å². The minimum absolute atomic E-state index is 0.0495. The van der Waals surface area contributed by atoms with Crippen LogP contribution in [0, 0.1) is 5.92 Å². The van der Waals surface area contributed by atoms with Crippen molar-refractivity contribution in [3.63, 3.8) is 0 Å². The summed E-state index contributed by atoms with van der Waals surface area (Å²) in [5.74, 6) is 0.227. The van der Waals surface area contributed by atoms with Crippen LogP contribution in [0.2, 0.25) is 0 Å². The molecule has 1 aliphatic rings. The maximum absolute atomic E-state index is 12.8. The molecule has 0 aliphatic carbocycles. The summed E-state index contributed by atoms with van der Waals surface area (Å²) in [6.45, 7) is 7.91. The largest absolute Gasteiger partial charge is 0.493 e. The SMILES string of the molecule is CCC(C)N(C(=O)COC(=O)c1ccc(OCC(C)C)c(OC)c1)C1CCS(=O)(=O)C1. The van der Waals surface area contributed by atoms with E-state index >= 15 is 0 Å². The highest BCUT2D eigenvalue weighted by molar-refractivity contribution is 7.91. The van der Waals surface area contributed by atoms with Gasteiger partial charge in [-0.2, -0.15) is 0 Å². The first-order valence-electron chi connectivity index (χ1n) is 10.6. The van der Waals surface area contributed by atoms with Crippen LogP contribution in [0.1, 0.15) is 50.9 Å². The second kappa shape index (κ2) is 10.8. The standard InChI is InChI=1S/C22H33NO7S/c1-6-16(4)23(18-9-10-31(26,27)14-18)21(24)13-30-22(25)17-7-8-19(20(11-17)28-5)29-12-15(2)3/h7-8,11,15-16,18H,6,9-10,12-14H2,1-5H3. The van der Waals surface area contributed by atoms with E-state index in [1.165, 1.54) is 13.2 Å². The van der Waals surface area contributed by atoms with Crippen LogP contribution in [0.25, 0.3) is 0 Å². The highest BCUT2D eigenvalue weighted by atomic mass is 32.2. The molecule has 31 heavy (non-hydrogen) atoms. The number of ether oxygens (including phenoxy) is 3. The quantitative estimate of drug-likeness (QED) is 0.500. The van der Waals surface area contributed by atoms with Gasteiger partial charge in [-0.25, -0.2) is 13.2 Å². The van der Waals surface area contributed by atoms with Crippen molar-refractivity contribution >= 4 is 21.7 Å². The summed E-state index contributed by atoms with van der Waals surface area (Å²) >= 11 is 0. The van der Waals surface area contributed by atoms with Crippen LogP contribution in [0.15, 0.2) is 18.2 Å². The van der Waals surface area contributed by atoms with E-state index in [9.17, 15) is 18.0 Å². The molecular weight excluding hydrogens is 422 g/mol. The van der Waals surface area contributed by atoms with Crippen molar-refractivity contribution < 1.29 is 32.2 Å². The fourth-order valence-corrected chi connectivity index (χ4v) is 5.17. The van der Waals surface area contributed by atoms with Crippen molar-refractivity contribution in [1.82, 2.24) is 4.90 Å². The number of esters is 1. The third kappa shape index (κ3) is 6.85. The third-order valence-electron chi connectivity index (χ3n) is 5.25. The molecule has 1 amide bonds. The summed E-state index contributed by atoms with van der Waals surface area (Å²) in [6, 6.07) is 4.17. The zero-order valence-electron chi connectivity index (χ0n) is 18.9. The molecule has 1 aromatic carbocycles. The molecule has 8 nitrogen and oxygen atoms in total. The summed E-state index contributed by atoms with van der Waals surface area (Å²) in [4.78, 5) is 26.9. The molecule has 1 saturated heterocycles. The van der Waals surface area contributed by atoms with Gasteiger partial charge in [-0.15, -0.1) is 0 Å². The molecule has 1 aliphatic heterocycles. The minimum atomic E-state index is -3.14. The Morgan fingerprint density at radius 2 is 1.90 bits per heavy atom. The van der Waals surface area contributed by atoms with Crippen LogP contribution < -0.4 is 9.47 Å². The van der Waals surface area contributed by atoms with Crippen molar-refractivity contribution in [3.05, 3.63) is 23.8 Å². The van der Waals surface area contributed by atoms with Crippen LogP contribution in [-0.4, -0.2) is 69.1 Å². The van der Waals surface area contributed by atoms with E-state index in [1.807, 2.05) is 27.7 Å². The second-order valence-corrected chi connectivity index (χ2v) is 10.5. The number of carbonyl (C=O) groups is 2. The Balaban J connectivity index is 2.05. The Hall–Kier alpha value is -2.29. The van der Waals surface area contributed by atoms with Gasteiger partial charge in [-0.05, 0) is 43.9 Å². The topological polar surface area (TPSA) is 99.2 Å². The highest BCUT2D eigenvalue weighted by Crippen LogP contribution is 2.29. The number of sulfone groups is 1. The Bertz CT molecular complexity index is 882. The predicted octanol–water partition coefficient (Wildman–Crippen LogP) is 2.70. The molecule has 0 radical (unpaired) electrons. The zero-order valence-corrected chi connectivity index (χ0v) is 19.7. The van der Waals surface area contributed by atoms with Crippen molar-refractivity contribution in [2.45, 2.75) is 52.6 Å². The molecule has 0 spiro atoms. The molecule has 0 N–H and O–H groups in total. The van der Waals surface area contributed by atoms with E-state index in [0.717, 1.165) is 0 Å². The molecule has 0 saturated carbocycles. The lowest BCUT2D eigenvalue weighted by Crippen LogP contribution is -2.48. The number of hydrogen-bond acceptors (Lipinski definition) is 7. The van der Waals surface area contributed by atoms with Gasteiger partial charge in [0.05, 0.1) is 30.8 Å². The van der Waals surface area contributed by atoms with Gasteiger partial charge in [-0.3, -0.25) is 4.79 Å². The van der Waals surface area contributed by atoms with E-state index in [-0.39, 0.29) is 29.2 Å². The van der Waals surface area contributed by atoms with Gasteiger partial charge in [0.2, 0.25) is 0 Å². The number of rotatable bonds is 10. The Morgan fingerprint density at radius 1 is 1.19 bits per heavy atom. The van der Waals surface area contributed by atoms with Crippen LogP contribution in [-0.2, 0) is 19.4 Å². The molecule has 0 bridgehead atoms. The molecule has 2 unspecified atom stereocenters. The number of carbonyl (C=O) groups excluding carboxylic acids is 2. The van der Waals surface area contributed by atoms with Gasteiger partial charge in [0.1, 0.15) is 0 Å². The molecule has 1 fully saturated rings. The first kappa shape index (κ1) is 25.0. The highest BCUT2D eigenvalue weighted by Gasteiger charge is 2.36. The second-order valence-electron chi connectivity index (χ2n) is 8.26. The lowest BCUT2D eigenvalue weighted by molar-refractivity contribution is -0.138. The monoisotopic (exact) mass is 455 g/mol. The molecule has 1 heterocycles.